The van der Waals surface area contributed by atoms with E-state index >= 15 is 0 Å². The summed E-state index contributed by atoms with van der Waals surface area (Å²) in [6.07, 6.45) is -0.263. The van der Waals surface area contributed by atoms with Crippen LogP contribution >= 0.6 is 23.5 Å². The molecule has 0 bridgehead atoms. The van der Waals surface area contributed by atoms with E-state index in [2.05, 4.69) is 28.8 Å². The van der Waals surface area contributed by atoms with Crippen molar-refractivity contribution >= 4 is 34.6 Å². The van der Waals surface area contributed by atoms with Crippen LogP contribution in [0.2, 0.25) is 0 Å². The van der Waals surface area contributed by atoms with Crippen LogP contribution in [0.25, 0.3) is 11.0 Å². The summed E-state index contributed by atoms with van der Waals surface area (Å²) in [5, 5.41) is 0.738. The number of nitrogens with zero attached hydrogens (tertiary/aromatic N) is 2. The molecule has 0 fully saturated rings. The first-order valence-electron chi connectivity index (χ1n) is 9.75. The van der Waals surface area contributed by atoms with Crippen molar-refractivity contribution in [1.29, 1.82) is 0 Å². The van der Waals surface area contributed by atoms with E-state index in [4.69, 9.17) is 4.74 Å². The van der Waals surface area contributed by atoms with E-state index in [0.29, 0.717) is 22.1 Å². The first kappa shape index (κ1) is 24.4. The Labute approximate surface area is 183 Å². The molecule has 9 heteroatoms. The standard InChI is InChI=1S/C17H16F3N3OS2.C4H10/c1-2-25-15-13(21-8-7-14(15)24-10-17(18,19)20)9-26-16-22-11-5-3-4-6-12(11)23-16;1-3-4-2/h3-8H,2,9-10H2,1H3,(H,22,23);3-4H2,1-2H3. The van der Waals surface area contributed by atoms with Crippen LogP contribution in [-0.2, 0) is 5.75 Å². The van der Waals surface area contributed by atoms with Gasteiger partial charge in [-0.15, -0.1) is 11.8 Å². The molecule has 4 nitrogen and oxygen atoms in total. The molecule has 1 aromatic carbocycles. The SMILES string of the molecule is CCCC.CCSc1c(OCC(F)(F)F)ccnc1CSc1nc2ccccc2[nH]1. The lowest BCUT2D eigenvalue weighted by Crippen LogP contribution is -2.19. The third-order valence-corrected chi connectivity index (χ3v) is 5.73. The predicted octanol–water partition coefficient (Wildman–Crippen LogP) is 7.11. The fourth-order valence-electron chi connectivity index (χ4n) is 2.28. The van der Waals surface area contributed by atoms with Crippen molar-refractivity contribution in [3.8, 4) is 5.75 Å². The topological polar surface area (TPSA) is 50.8 Å². The molecule has 0 saturated carbocycles. The van der Waals surface area contributed by atoms with Gasteiger partial charge in [-0.05, 0) is 24.0 Å². The molecule has 164 valence electrons. The monoisotopic (exact) mass is 457 g/mol. The average Bonchev–Trinajstić information content (AvgIpc) is 3.14. The number of hydrogen-bond acceptors (Lipinski definition) is 5. The lowest BCUT2D eigenvalue weighted by molar-refractivity contribution is -0.153. The van der Waals surface area contributed by atoms with Crippen molar-refractivity contribution in [2.75, 3.05) is 12.4 Å². The maximum Gasteiger partial charge on any atom is 0.422 e. The minimum atomic E-state index is -4.37. The smallest absolute Gasteiger partial charge is 0.422 e. The van der Waals surface area contributed by atoms with Crippen molar-refractivity contribution < 1.29 is 17.9 Å². The minimum Gasteiger partial charge on any atom is -0.483 e. The number of unbranched alkanes of at least 4 members (excludes halogenated alkanes) is 1. The van der Waals surface area contributed by atoms with E-state index in [0.717, 1.165) is 16.2 Å². The Hall–Kier alpha value is -1.87. The number of aromatic nitrogens is 3. The van der Waals surface area contributed by atoms with Crippen molar-refractivity contribution in [3.05, 3.63) is 42.2 Å². The zero-order valence-corrected chi connectivity index (χ0v) is 18.9. The van der Waals surface area contributed by atoms with Crippen molar-refractivity contribution in [3.63, 3.8) is 0 Å². The number of para-hydroxylation sites is 2. The Morgan fingerprint density at radius 2 is 1.77 bits per heavy atom. The van der Waals surface area contributed by atoms with Crippen molar-refractivity contribution in [2.24, 2.45) is 0 Å². The first-order chi connectivity index (χ1) is 14.4. The number of nitrogens with one attached hydrogen (secondary N) is 1. The number of pyridine rings is 1. The molecule has 0 aliphatic rings. The van der Waals surface area contributed by atoms with Crippen LogP contribution in [0.5, 0.6) is 5.75 Å². The summed E-state index contributed by atoms with van der Waals surface area (Å²) in [5.41, 5.74) is 2.49. The second-order valence-corrected chi connectivity index (χ2v) is 8.51. The fourth-order valence-corrected chi connectivity index (χ4v) is 4.06. The molecule has 2 heterocycles. The summed E-state index contributed by atoms with van der Waals surface area (Å²) >= 11 is 2.87. The molecule has 0 atom stereocenters. The average molecular weight is 458 g/mol. The third kappa shape index (κ3) is 7.75. The molecule has 0 aliphatic heterocycles. The number of fused-ring (bicyclic) bond motifs is 1. The highest BCUT2D eigenvalue weighted by Gasteiger charge is 2.29. The number of H-pyrrole nitrogens is 1. The second-order valence-electron chi connectivity index (χ2n) is 6.27. The number of ether oxygens (including phenoxy) is 1. The van der Waals surface area contributed by atoms with E-state index in [-0.39, 0.29) is 5.75 Å². The number of hydrogen-bond donors (Lipinski definition) is 1. The Morgan fingerprint density at radius 1 is 1.03 bits per heavy atom. The predicted molar refractivity (Wildman–Crippen MR) is 118 cm³/mol. The van der Waals surface area contributed by atoms with Crippen LogP contribution in [0.1, 0.15) is 39.3 Å². The number of thioether (sulfide) groups is 2. The zero-order valence-electron chi connectivity index (χ0n) is 17.3. The summed E-state index contributed by atoms with van der Waals surface area (Å²) in [4.78, 5) is 12.7. The highest BCUT2D eigenvalue weighted by Crippen LogP contribution is 2.35. The second kappa shape index (κ2) is 12.1. The van der Waals surface area contributed by atoms with Crippen LogP contribution < -0.4 is 4.74 Å². The summed E-state index contributed by atoms with van der Waals surface area (Å²) < 4.78 is 42.4. The molecular weight excluding hydrogens is 431 g/mol. The number of alkyl halides is 3. The van der Waals surface area contributed by atoms with Gasteiger partial charge < -0.3 is 9.72 Å². The normalized spacial score (nSPS) is 11.3. The van der Waals surface area contributed by atoms with E-state index in [1.807, 2.05) is 31.2 Å². The quantitative estimate of drug-likeness (QED) is 0.365. The molecule has 0 radical (unpaired) electrons. The van der Waals surface area contributed by atoms with Crippen LogP contribution in [-0.4, -0.2) is 33.5 Å². The molecule has 0 aliphatic carbocycles. The Kier molecular flexibility index (Phi) is 9.84. The maximum atomic E-state index is 12.5. The molecule has 0 amide bonds. The van der Waals surface area contributed by atoms with Gasteiger partial charge in [0.05, 0.1) is 21.6 Å². The van der Waals surface area contributed by atoms with E-state index in [1.54, 1.807) is 0 Å². The molecule has 0 spiro atoms. The highest BCUT2D eigenvalue weighted by atomic mass is 32.2. The molecule has 2 aromatic heterocycles. The summed E-state index contributed by atoms with van der Waals surface area (Å²) in [7, 11) is 0. The minimum absolute atomic E-state index is 0.212. The van der Waals surface area contributed by atoms with Gasteiger partial charge in [0.1, 0.15) is 5.75 Å². The highest BCUT2D eigenvalue weighted by molar-refractivity contribution is 7.99. The number of halogens is 3. The molecule has 3 aromatic rings. The zero-order chi connectivity index (χ0) is 22.0. The largest absolute Gasteiger partial charge is 0.483 e. The molecular formula is C21H26F3N3OS2. The molecule has 1 N–H and O–H groups in total. The van der Waals surface area contributed by atoms with Gasteiger partial charge in [0.15, 0.2) is 11.8 Å². The van der Waals surface area contributed by atoms with Gasteiger partial charge in [0.25, 0.3) is 0 Å². The van der Waals surface area contributed by atoms with Crippen molar-refractivity contribution in [2.45, 2.75) is 55.6 Å². The lowest BCUT2D eigenvalue weighted by Gasteiger charge is -2.14. The van der Waals surface area contributed by atoms with Gasteiger partial charge in [-0.2, -0.15) is 13.2 Å². The number of aromatic amines is 1. The van der Waals surface area contributed by atoms with Gasteiger partial charge in [0, 0.05) is 11.9 Å². The van der Waals surface area contributed by atoms with Gasteiger partial charge in [-0.1, -0.05) is 57.5 Å². The molecule has 0 unspecified atom stereocenters. The summed E-state index contributed by atoms with van der Waals surface area (Å²) in [6.45, 7) is 4.98. The molecule has 0 saturated heterocycles. The van der Waals surface area contributed by atoms with E-state index in [1.165, 1.54) is 48.6 Å². The maximum absolute atomic E-state index is 12.5. The number of imidazole rings is 1. The molecule has 30 heavy (non-hydrogen) atoms. The van der Waals surface area contributed by atoms with Crippen molar-refractivity contribution in [1.82, 2.24) is 15.0 Å². The van der Waals surface area contributed by atoms with Crippen LogP contribution in [0.3, 0.4) is 0 Å². The summed E-state index contributed by atoms with van der Waals surface area (Å²) in [6, 6.07) is 9.16. The van der Waals surface area contributed by atoms with Crippen LogP contribution in [0.4, 0.5) is 13.2 Å². The van der Waals surface area contributed by atoms with Gasteiger partial charge >= 0.3 is 6.18 Å². The van der Waals surface area contributed by atoms with Crippen LogP contribution in [0.15, 0.2) is 46.6 Å². The van der Waals surface area contributed by atoms with Gasteiger partial charge in [-0.3, -0.25) is 4.98 Å². The third-order valence-electron chi connectivity index (χ3n) is 3.84. The van der Waals surface area contributed by atoms with Crippen LogP contribution in [0, 0.1) is 0 Å². The fraction of sp³-hybridized carbons (Fsp3) is 0.429. The summed E-state index contributed by atoms with van der Waals surface area (Å²) in [5.74, 6) is 1.39. The Morgan fingerprint density at radius 3 is 2.40 bits per heavy atom. The Balaban J connectivity index is 0.000000735. The number of rotatable bonds is 8. The lowest BCUT2D eigenvalue weighted by atomic mass is 10.3. The first-order valence-corrected chi connectivity index (χ1v) is 11.7. The van der Waals surface area contributed by atoms with E-state index in [9.17, 15) is 13.2 Å². The van der Waals surface area contributed by atoms with Gasteiger partial charge in [0.2, 0.25) is 0 Å². The molecule has 3 rings (SSSR count). The van der Waals surface area contributed by atoms with Gasteiger partial charge in [-0.25, -0.2) is 4.98 Å². The van der Waals surface area contributed by atoms with E-state index < -0.39 is 12.8 Å². The number of benzene rings is 1. The Bertz CT molecular complexity index is 881.